The zero-order valence-electron chi connectivity index (χ0n) is 9.14. The maximum absolute atomic E-state index is 12.5. The van der Waals surface area contributed by atoms with E-state index in [9.17, 15) is 18.0 Å². The molecule has 0 bridgehead atoms. The second kappa shape index (κ2) is 5.08. The zero-order chi connectivity index (χ0) is 13.2. The minimum absolute atomic E-state index is 0.0388. The number of hydrogen-bond donors (Lipinski definition) is 0. The Morgan fingerprint density at radius 2 is 2.00 bits per heavy atom. The monoisotopic (exact) mass is 310 g/mol. The molecular formula is C11H10BrF3O2. The molecule has 0 aliphatic heterocycles. The van der Waals surface area contributed by atoms with Crippen LogP contribution in [0.4, 0.5) is 13.2 Å². The molecule has 2 nitrogen and oxygen atoms in total. The van der Waals surface area contributed by atoms with Crippen molar-refractivity contribution in [1.82, 2.24) is 0 Å². The summed E-state index contributed by atoms with van der Waals surface area (Å²) >= 11 is 3.11. The summed E-state index contributed by atoms with van der Waals surface area (Å²) in [5.74, 6) is -0.167. The number of carbonyl (C=O) groups excluding carboxylic acids is 1. The zero-order valence-corrected chi connectivity index (χ0v) is 10.7. The summed E-state index contributed by atoms with van der Waals surface area (Å²) in [5.41, 5.74) is -0.422. The summed E-state index contributed by atoms with van der Waals surface area (Å²) in [6.45, 7) is 1.34. The van der Waals surface area contributed by atoms with Gasteiger partial charge in [0.15, 0.2) is 0 Å². The van der Waals surface area contributed by atoms with E-state index in [4.69, 9.17) is 4.74 Å². The molecule has 0 radical (unpaired) electrons. The first kappa shape index (κ1) is 14.0. The number of rotatable bonds is 3. The second-order valence-corrected chi connectivity index (χ2v) is 4.34. The molecule has 94 valence electrons. The number of benzene rings is 1. The minimum atomic E-state index is -4.43. The first-order chi connectivity index (χ1) is 7.77. The van der Waals surface area contributed by atoms with Crippen LogP contribution in [-0.2, 0) is 11.0 Å². The van der Waals surface area contributed by atoms with Gasteiger partial charge in [-0.2, -0.15) is 13.2 Å². The van der Waals surface area contributed by atoms with Crippen molar-refractivity contribution in [1.29, 1.82) is 0 Å². The number of methoxy groups -OCH3 is 1. The van der Waals surface area contributed by atoms with Crippen molar-refractivity contribution in [2.45, 2.75) is 17.9 Å². The molecule has 0 amide bonds. The predicted molar refractivity (Wildman–Crippen MR) is 60.3 cm³/mol. The Balaban J connectivity index is 3.23. The van der Waals surface area contributed by atoms with Gasteiger partial charge in [0.05, 0.1) is 12.7 Å². The van der Waals surface area contributed by atoms with Crippen molar-refractivity contribution in [3.63, 3.8) is 0 Å². The van der Waals surface area contributed by atoms with Crippen LogP contribution in [0.5, 0.6) is 5.75 Å². The molecule has 1 atom stereocenters. The van der Waals surface area contributed by atoms with E-state index in [1.165, 1.54) is 20.1 Å². The molecule has 0 N–H and O–H groups in total. The van der Waals surface area contributed by atoms with E-state index in [-0.39, 0.29) is 11.5 Å². The van der Waals surface area contributed by atoms with Crippen LogP contribution in [0.2, 0.25) is 0 Å². The molecule has 1 unspecified atom stereocenters. The Morgan fingerprint density at radius 1 is 1.41 bits per heavy atom. The van der Waals surface area contributed by atoms with E-state index < -0.39 is 16.6 Å². The van der Waals surface area contributed by atoms with Crippen LogP contribution in [-0.4, -0.2) is 12.9 Å². The van der Waals surface area contributed by atoms with E-state index in [1.807, 2.05) is 0 Å². The van der Waals surface area contributed by atoms with Crippen LogP contribution < -0.4 is 4.74 Å². The minimum Gasteiger partial charge on any atom is -0.496 e. The van der Waals surface area contributed by atoms with Crippen molar-refractivity contribution in [3.8, 4) is 5.75 Å². The summed E-state index contributed by atoms with van der Waals surface area (Å²) in [6, 6.07) is 3.05. The van der Waals surface area contributed by atoms with Gasteiger partial charge in [0, 0.05) is 5.56 Å². The number of ketones is 1. The lowest BCUT2D eigenvalue weighted by atomic mass is 10.1. The quantitative estimate of drug-likeness (QED) is 0.795. The van der Waals surface area contributed by atoms with Crippen LogP contribution in [0.3, 0.4) is 0 Å². The topological polar surface area (TPSA) is 26.3 Å². The molecule has 6 heteroatoms. The Bertz CT molecular complexity index is 429. The van der Waals surface area contributed by atoms with Gasteiger partial charge >= 0.3 is 6.18 Å². The Morgan fingerprint density at radius 3 is 2.41 bits per heavy atom. The highest BCUT2D eigenvalue weighted by Gasteiger charge is 2.32. The average Bonchev–Trinajstić information content (AvgIpc) is 2.25. The van der Waals surface area contributed by atoms with Crippen LogP contribution in [0.15, 0.2) is 18.2 Å². The highest BCUT2D eigenvalue weighted by molar-refractivity contribution is 9.09. The third kappa shape index (κ3) is 3.21. The largest absolute Gasteiger partial charge is 0.496 e. The molecule has 1 aromatic rings. The molecule has 0 fully saturated rings. The third-order valence-corrected chi connectivity index (χ3v) is 3.33. The smallest absolute Gasteiger partial charge is 0.416 e. The van der Waals surface area contributed by atoms with Crippen LogP contribution in [0.1, 0.15) is 22.9 Å². The molecule has 0 saturated heterocycles. The van der Waals surface area contributed by atoms with Gasteiger partial charge in [-0.1, -0.05) is 22.0 Å². The molecule has 0 spiro atoms. The number of hydrogen-bond acceptors (Lipinski definition) is 2. The van der Waals surface area contributed by atoms with E-state index in [2.05, 4.69) is 15.9 Å². The summed E-state index contributed by atoms with van der Waals surface area (Å²) in [5, 5.41) is 0. The molecule has 1 aromatic carbocycles. The normalized spacial score (nSPS) is 13.3. The lowest BCUT2D eigenvalue weighted by Crippen LogP contribution is -2.08. The summed E-state index contributed by atoms with van der Waals surface area (Å²) < 4.78 is 42.3. The number of halogens is 4. The van der Waals surface area contributed by atoms with E-state index in [0.29, 0.717) is 5.56 Å². The van der Waals surface area contributed by atoms with Gasteiger partial charge < -0.3 is 4.74 Å². The first-order valence-electron chi connectivity index (χ1n) is 4.67. The lowest BCUT2D eigenvalue weighted by Gasteiger charge is -2.14. The average molecular weight is 311 g/mol. The fourth-order valence-corrected chi connectivity index (χ4v) is 1.69. The van der Waals surface area contributed by atoms with E-state index in [1.54, 1.807) is 0 Å². The van der Waals surface area contributed by atoms with Gasteiger partial charge in [-0.05, 0) is 19.1 Å². The van der Waals surface area contributed by atoms with Gasteiger partial charge in [-0.25, -0.2) is 0 Å². The predicted octanol–water partition coefficient (Wildman–Crippen LogP) is 3.74. The fraction of sp³-hybridized carbons (Fsp3) is 0.364. The first-order valence-corrected chi connectivity index (χ1v) is 5.58. The highest BCUT2D eigenvalue weighted by Crippen LogP contribution is 2.37. The SMILES string of the molecule is COc1cc(C(F)(F)F)ccc1C(Br)C(C)=O. The van der Waals surface area contributed by atoms with E-state index >= 15 is 0 Å². The molecule has 17 heavy (non-hydrogen) atoms. The summed E-state index contributed by atoms with van der Waals surface area (Å²) in [7, 11) is 1.26. The molecule has 0 aliphatic rings. The highest BCUT2D eigenvalue weighted by atomic mass is 79.9. The van der Waals surface area contributed by atoms with E-state index in [0.717, 1.165) is 12.1 Å². The molecule has 1 rings (SSSR count). The van der Waals surface area contributed by atoms with Crippen molar-refractivity contribution in [3.05, 3.63) is 29.3 Å². The summed E-state index contributed by atoms with van der Waals surface area (Å²) in [6.07, 6.45) is -4.43. The van der Waals surface area contributed by atoms with Gasteiger partial charge in [-0.3, -0.25) is 4.79 Å². The van der Waals surface area contributed by atoms with Crippen LogP contribution in [0.25, 0.3) is 0 Å². The number of ether oxygens (including phenoxy) is 1. The van der Waals surface area contributed by atoms with Gasteiger partial charge in [-0.15, -0.1) is 0 Å². The molecular weight excluding hydrogens is 301 g/mol. The maximum Gasteiger partial charge on any atom is 0.416 e. The van der Waals surface area contributed by atoms with Crippen molar-refractivity contribution >= 4 is 21.7 Å². The van der Waals surface area contributed by atoms with Crippen molar-refractivity contribution in [2.75, 3.05) is 7.11 Å². The Kier molecular flexibility index (Phi) is 4.19. The van der Waals surface area contributed by atoms with Crippen LogP contribution >= 0.6 is 15.9 Å². The molecule has 0 saturated carbocycles. The summed E-state index contributed by atoms with van der Waals surface area (Å²) in [4.78, 5) is 10.5. The van der Waals surface area contributed by atoms with Crippen molar-refractivity contribution < 1.29 is 22.7 Å². The van der Waals surface area contributed by atoms with Gasteiger partial charge in [0.25, 0.3) is 0 Å². The maximum atomic E-state index is 12.5. The van der Waals surface area contributed by atoms with Gasteiger partial charge in [0.1, 0.15) is 16.4 Å². The van der Waals surface area contributed by atoms with Crippen LogP contribution in [0, 0.1) is 0 Å². The Labute approximate surface area is 105 Å². The molecule has 0 aliphatic carbocycles. The Hall–Kier alpha value is -1.04. The second-order valence-electron chi connectivity index (χ2n) is 3.43. The molecule has 0 aromatic heterocycles. The lowest BCUT2D eigenvalue weighted by molar-refractivity contribution is -0.137. The van der Waals surface area contributed by atoms with Crippen molar-refractivity contribution in [2.24, 2.45) is 0 Å². The fourth-order valence-electron chi connectivity index (χ4n) is 1.32. The van der Waals surface area contributed by atoms with Gasteiger partial charge in [0.2, 0.25) is 0 Å². The number of Topliss-reactive ketones (excluding diaryl/α,β-unsaturated/α-hetero) is 1. The standard InChI is InChI=1S/C11H10BrF3O2/c1-6(16)10(12)8-4-3-7(11(13,14)15)5-9(8)17-2/h3-5,10H,1-2H3. The number of carbonyl (C=O) groups is 1. The third-order valence-electron chi connectivity index (χ3n) is 2.19. The molecule has 0 heterocycles. The number of alkyl halides is 4.